The molecule has 1 aliphatic heterocycles. The highest BCUT2D eigenvalue weighted by Crippen LogP contribution is 2.25. The van der Waals surface area contributed by atoms with Crippen LogP contribution in [0.3, 0.4) is 0 Å². The Kier molecular flexibility index (Phi) is 4.82. The van der Waals surface area contributed by atoms with Crippen LogP contribution >= 0.6 is 27.3 Å². The fourth-order valence-electron chi connectivity index (χ4n) is 2.28. The van der Waals surface area contributed by atoms with Crippen LogP contribution in [0, 0.1) is 0 Å². The maximum Gasteiger partial charge on any atom is 0.0331 e. The number of likely N-dealkylation sites (N-methyl/N-ethyl adjacent to an activating group) is 1. The fraction of sp³-hybridized carbons (Fsp3) is 0.667. The van der Waals surface area contributed by atoms with E-state index < -0.39 is 0 Å². The first kappa shape index (κ1) is 12.6. The van der Waals surface area contributed by atoms with E-state index in [4.69, 9.17) is 0 Å². The first-order valence-corrected chi connectivity index (χ1v) is 7.64. The van der Waals surface area contributed by atoms with Crippen LogP contribution < -0.4 is 5.32 Å². The summed E-state index contributed by atoms with van der Waals surface area (Å²) in [7, 11) is 0. The van der Waals surface area contributed by atoms with Gasteiger partial charge in [-0.15, -0.1) is 11.3 Å². The molecule has 1 aromatic rings. The quantitative estimate of drug-likeness (QED) is 0.899. The Morgan fingerprint density at radius 2 is 2.50 bits per heavy atom. The number of hydrogen-bond acceptors (Lipinski definition) is 3. The Hall–Kier alpha value is 0.1000. The summed E-state index contributed by atoms with van der Waals surface area (Å²) in [6.07, 6.45) is 2.70. The molecule has 1 aliphatic rings. The molecule has 16 heavy (non-hydrogen) atoms. The summed E-state index contributed by atoms with van der Waals surface area (Å²) in [6.45, 7) is 6.77. The lowest BCUT2D eigenvalue weighted by atomic mass is 10.2. The zero-order valence-electron chi connectivity index (χ0n) is 9.71. The highest BCUT2D eigenvalue weighted by molar-refractivity contribution is 9.10. The predicted molar refractivity (Wildman–Crippen MR) is 74.0 cm³/mol. The van der Waals surface area contributed by atoms with Gasteiger partial charge in [-0.1, -0.05) is 6.92 Å². The SMILES string of the molecule is CCNCC1CCCN1Cc1cc(Br)cs1. The van der Waals surface area contributed by atoms with Gasteiger partial charge < -0.3 is 5.32 Å². The van der Waals surface area contributed by atoms with E-state index in [1.165, 1.54) is 28.7 Å². The normalized spacial score (nSPS) is 21.8. The topological polar surface area (TPSA) is 15.3 Å². The maximum absolute atomic E-state index is 3.52. The Balaban J connectivity index is 1.88. The fourth-order valence-corrected chi connectivity index (χ4v) is 3.76. The minimum Gasteiger partial charge on any atom is -0.315 e. The van der Waals surface area contributed by atoms with E-state index >= 15 is 0 Å². The first-order chi connectivity index (χ1) is 7.79. The summed E-state index contributed by atoms with van der Waals surface area (Å²) >= 11 is 5.37. The lowest BCUT2D eigenvalue weighted by Crippen LogP contribution is -2.37. The second kappa shape index (κ2) is 6.15. The monoisotopic (exact) mass is 302 g/mol. The van der Waals surface area contributed by atoms with Gasteiger partial charge in [-0.05, 0) is 47.9 Å². The molecule has 2 rings (SSSR count). The van der Waals surface area contributed by atoms with Gasteiger partial charge in [0, 0.05) is 33.9 Å². The number of likely N-dealkylation sites (tertiary alicyclic amines) is 1. The van der Waals surface area contributed by atoms with Crippen LogP contribution in [0.15, 0.2) is 15.9 Å². The summed E-state index contributed by atoms with van der Waals surface area (Å²) in [5.74, 6) is 0. The number of rotatable bonds is 5. The minimum atomic E-state index is 0.737. The molecule has 1 saturated heterocycles. The molecule has 2 nitrogen and oxygen atoms in total. The molecule has 1 atom stereocenters. The third-order valence-electron chi connectivity index (χ3n) is 3.11. The summed E-state index contributed by atoms with van der Waals surface area (Å²) < 4.78 is 1.22. The van der Waals surface area contributed by atoms with E-state index in [1.54, 1.807) is 0 Å². The molecule has 0 aromatic carbocycles. The van der Waals surface area contributed by atoms with E-state index in [9.17, 15) is 0 Å². The molecule has 0 bridgehead atoms. The molecule has 1 N–H and O–H groups in total. The third-order valence-corrected chi connectivity index (χ3v) is 4.79. The van der Waals surface area contributed by atoms with Crippen LogP contribution in [-0.2, 0) is 6.54 Å². The highest BCUT2D eigenvalue weighted by Gasteiger charge is 2.24. The van der Waals surface area contributed by atoms with Crippen molar-refractivity contribution in [3.05, 3.63) is 20.8 Å². The maximum atomic E-state index is 3.52. The molecule has 1 fully saturated rings. The van der Waals surface area contributed by atoms with Gasteiger partial charge >= 0.3 is 0 Å². The Bertz CT molecular complexity index is 327. The van der Waals surface area contributed by atoms with Gasteiger partial charge in [0.15, 0.2) is 0 Å². The number of thiophene rings is 1. The van der Waals surface area contributed by atoms with Crippen molar-refractivity contribution in [3.8, 4) is 0 Å². The molecule has 0 spiro atoms. The number of nitrogens with one attached hydrogen (secondary N) is 1. The molecular weight excluding hydrogens is 284 g/mol. The van der Waals surface area contributed by atoms with Crippen molar-refractivity contribution < 1.29 is 0 Å². The van der Waals surface area contributed by atoms with Gasteiger partial charge in [-0.3, -0.25) is 4.90 Å². The van der Waals surface area contributed by atoms with Gasteiger partial charge in [-0.2, -0.15) is 0 Å². The third kappa shape index (κ3) is 3.29. The summed E-state index contributed by atoms with van der Waals surface area (Å²) in [5, 5.41) is 5.63. The Morgan fingerprint density at radius 1 is 1.62 bits per heavy atom. The first-order valence-electron chi connectivity index (χ1n) is 5.97. The average molecular weight is 303 g/mol. The van der Waals surface area contributed by atoms with Gasteiger partial charge in [-0.25, -0.2) is 0 Å². The van der Waals surface area contributed by atoms with Crippen molar-refractivity contribution in [2.45, 2.75) is 32.4 Å². The predicted octanol–water partition coefficient (Wildman–Crippen LogP) is 3.08. The van der Waals surface area contributed by atoms with Crippen LogP contribution in [0.5, 0.6) is 0 Å². The standard InChI is InChI=1S/C12H19BrN2S/c1-2-14-7-11-4-3-5-15(11)8-12-6-10(13)9-16-12/h6,9,11,14H,2-5,7-8H2,1H3. The molecule has 2 heterocycles. The van der Waals surface area contributed by atoms with Gasteiger partial charge in [0.1, 0.15) is 0 Å². The van der Waals surface area contributed by atoms with Gasteiger partial charge in [0.25, 0.3) is 0 Å². The van der Waals surface area contributed by atoms with Crippen LogP contribution in [0.4, 0.5) is 0 Å². The van der Waals surface area contributed by atoms with E-state index in [-0.39, 0.29) is 0 Å². The second-order valence-electron chi connectivity index (χ2n) is 4.31. The lowest BCUT2D eigenvalue weighted by molar-refractivity contribution is 0.242. The largest absolute Gasteiger partial charge is 0.315 e. The smallest absolute Gasteiger partial charge is 0.0331 e. The summed E-state index contributed by atoms with van der Waals surface area (Å²) in [4.78, 5) is 4.08. The summed E-state index contributed by atoms with van der Waals surface area (Å²) in [5.41, 5.74) is 0. The van der Waals surface area contributed by atoms with Gasteiger partial charge in [0.2, 0.25) is 0 Å². The zero-order valence-corrected chi connectivity index (χ0v) is 12.1. The molecule has 0 saturated carbocycles. The zero-order chi connectivity index (χ0) is 11.4. The Morgan fingerprint density at radius 3 is 3.19 bits per heavy atom. The van der Waals surface area contributed by atoms with Crippen molar-refractivity contribution in [1.82, 2.24) is 10.2 Å². The number of nitrogens with zero attached hydrogens (tertiary/aromatic N) is 1. The van der Waals surface area contributed by atoms with Crippen LogP contribution in [0.2, 0.25) is 0 Å². The lowest BCUT2D eigenvalue weighted by Gasteiger charge is -2.23. The summed E-state index contributed by atoms with van der Waals surface area (Å²) in [6, 6.07) is 2.98. The van der Waals surface area contributed by atoms with Crippen LogP contribution in [0.25, 0.3) is 0 Å². The molecule has 0 radical (unpaired) electrons. The molecule has 1 aromatic heterocycles. The van der Waals surface area contributed by atoms with Crippen LogP contribution in [-0.4, -0.2) is 30.6 Å². The van der Waals surface area contributed by atoms with Crippen molar-refractivity contribution in [2.75, 3.05) is 19.6 Å². The molecule has 1 unspecified atom stereocenters. The molecule has 0 amide bonds. The van der Waals surface area contributed by atoms with Crippen molar-refractivity contribution in [3.63, 3.8) is 0 Å². The van der Waals surface area contributed by atoms with Crippen LogP contribution in [0.1, 0.15) is 24.6 Å². The molecule has 0 aliphatic carbocycles. The second-order valence-corrected chi connectivity index (χ2v) is 6.22. The number of hydrogen-bond donors (Lipinski definition) is 1. The Labute approximate surface area is 110 Å². The van der Waals surface area contributed by atoms with E-state index in [0.29, 0.717) is 0 Å². The van der Waals surface area contributed by atoms with E-state index in [0.717, 1.165) is 25.7 Å². The van der Waals surface area contributed by atoms with Crippen molar-refractivity contribution in [2.24, 2.45) is 0 Å². The number of halogens is 1. The van der Waals surface area contributed by atoms with E-state index in [1.807, 2.05) is 11.3 Å². The van der Waals surface area contributed by atoms with Crippen molar-refractivity contribution >= 4 is 27.3 Å². The molecular formula is C12H19BrN2S. The van der Waals surface area contributed by atoms with Gasteiger partial charge in [0.05, 0.1) is 0 Å². The van der Waals surface area contributed by atoms with Crippen molar-refractivity contribution in [1.29, 1.82) is 0 Å². The average Bonchev–Trinajstić information content (AvgIpc) is 2.86. The highest BCUT2D eigenvalue weighted by atomic mass is 79.9. The van der Waals surface area contributed by atoms with E-state index in [2.05, 4.69) is 44.5 Å². The molecule has 90 valence electrons. The molecule has 4 heteroatoms. The minimum absolute atomic E-state index is 0.737.